The third kappa shape index (κ3) is 4.27. The molecule has 0 aromatic heterocycles. The fourth-order valence-electron chi connectivity index (χ4n) is 5.80. The maximum absolute atomic E-state index is 13.7. The zero-order valence-electron chi connectivity index (χ0n) is 18.8. The molecule has 0 aliphatic carbocycles. The predicted octanol–water partition coefficient (Wildman–Crippen LogP) is 4.26. The number of piperidine rings is 1. The molecule has 6 heteroatoms. The maximum Gasteiger partial charge on any atom is 0.245 e. The standard InChI is InChI=1S/C25H33ClN2O3/c1-5-22(29)27-15-25(16-27)10-11-28(17(2)12-25)23(30)20-14-31-24(3,4)13-19(20)18-8-6-7-9-21(18)26/h5-9,17,19-20H,1,10-16H2,2-4H3/t17-,19-,20+/m1/s1. The highest BCUT2D eigenvalue weighted by molar-refractivity contribution is 6.31. The lowest BCUT2D eigenvalue weighted by molar-refractivity contribution is -0.160. The third-order valence-electron chi connectivity index (χ3n) is 7.44. The molecule has 5 nitrogen and oxygen atoms in total. The third-order valence-corrected chi connectivity index (χ3v) is 7.78. The first kappa shape index (κ1) is 22.3. The Morgan fingerprint density at radius 2 is 1.94 bits per heavy atom. The van der Waals surface area contributed by atoms with Gasteiger partial charge in [-0.25, -0.2) is 0 Å². The summed E-state index contributed by atoms with van der Waals surface area (Å²) in [4.78, 5) is 29.5. The van der Waals surface area contributed by atoms with E-state index in [1.165, 1.54) is 6.08 Å². The van der Waals surface area contributed by atoms with Crippen molar-refractivity contribution in [3.63, 3.8) is 0 Å². The molecule has 0 saturated carbocycles. The number of amides is 2. The lowest BCUT2D eigenvalue weighted by atomic mass is 9.69. The molecular formula is C25H33ClN2O3. The van der Waals surface area contributed by atoms with E-state index in [2.05, 4.69) is 27.4 Å². The highest BCUT2D eigenvalue weighted by Crippen LogP contribution is 2.46. The average Bonchev–Trinajstić information content (AvgIpc) is 2.70. The number of hydrogen-bond donors (Lipinski definition) is 0. The molecule has 3 aliphatic heterocycles. The van der Waals surface area contributed by atoms with E-state index >= 15 is 0 Å². The van der Waals surface area contributed by atoms with Crippen LogP contribution in [0.5, 0.6) is 0 Å². The minimum atomic E-state index is -0.286. The van der Waals surface area contributed by atoms with E-state index in [-0.39, 0.29) is 40.7 Å². The number of carbonyl (C=O) groups is 2. The van der Waals surface area contributed by atoms with Crippen molar-refractivity contribution >= 4 is 23.4 Å². The van der Waals surface area contributed by atoms with Gasteiger partial charge >= 0.3 is 0 Å². The highest BCUT2D eigenvalue weighted by Gasteiger charge is 2.50. The summed E-state index contributed by atoms with van der Waals surface area (Å²) in [5.74, 6) is -0.0236. The van der Waals surface area contributed by atoms with E-state index in [4.69, 9.17) is 16.3 Å². The van der Waals surface area contributed by atoms with Gasteiger partial charge < -0.3 is 14.5 Å². The molecule has 168 valence electrons. The van der Waals surface area contributed by atoms with Crippen LogP contribution in [-0.2, 0) is 14.3 Å². The van der Waals surface area contributed by atoms with Gasteiger partial charge in [0.2, 0.25) is 11.8 Å². The Balaban J connectivity index is 1.49. The molecule has 1 spiro atoms. The van der Waals surface area contributed by atoms with Crippen LogP contribution in [0.25, 0.3) is 0 Å². The average molecular weight is 445 g/mol. The van der Waals surface area contributed by atoms with Crippen LogP contribution in [0.1, 0.15) is 51.5 Å². The van der Waals surface area contributed by atoms with E-state index in [0.717, 1.165) is 49.5 Å². The van der Waals surface area contributed by atoms with E-state index in [0.29, 0.717) is 6.61 Å². The summed E-state index contributed by atoms with van der Waals surface area (Å²) in [6, 6.07) is 8.01. The van der Waals surface area contributed by atoms with Crippen molar-refractivity contribution in [3.05, 3.63) is 47.5 Å². The van der Waals surface area contributed by atoms with Crippen LogP contribution in [-0.4, -0.2) is 59.5 Å². The fraction of sp³-hybridized carbons (Fsp3) is 0.600. The SMILES string of the molecule is C=CC(=O)N1CC2(CCN(C(=O)[C@H]3COC(C)(C)C[C@@H]3c3ccccc3Cl)[C@H](C)C2)C1. The molecule has 3 saturated heterocycles. The van der Waals surface area contributed by atoms with Crippen molar-refractivity contribution < 1.29 is 14.3 Å². The number of nitrogens with zero attached hydrogens (tertiary/aromatic N) is 2. The summed E-state index contributed by atoms with van der Waals surface area (Å²) >= 11 is 6.55. The second kappa shape index (κ2) is 8.25. The quantitative estimate of drug-likeness (QED) is 0.654. The molecule has 31 heavy (non-hydrogen) atoms. The summed E-state index contributed by atoms with van der Waals surface area (Å²) in [7, 11) is 0. The first-order valence-electron chi connectivity index (χ1n) is 11.2. The molecule has 3 atom stereocenters. The number of benzene rings is 1. The molecule has 1 aromatic rings. The predicted molar refractivity (Wildman–Crippen MR) is 122 cm³/mol. The van der Waals surface area contributed by atoms with Crippen molar-refractivity contribution in [2.75, 3.05) is 26.2 Å². The van der Waals surface area contributed by atoms with Gasteiger partial charge in [0.1, 0.15) is 0 Å². The molecule has 3 heterocycles. The Morgan fingerprint density at radius 3 is 2.58 bits per heavy atom. The van der Waals surface area contributed by atoms with Crippen LogP contribution in [0.15, 0.2) is 36.9 Å². The van der Waals surface area contributed by atoms with Crippen LogP contribution < -0.4 is 0 Å². The Bertz CT molecular complexity index is 877. The molecule has 0 N–H and O–H groups in total. The van der Waals surface area contributed by atoms with Gasteiger partial charge in [-0.1, -0.05) is 36.4 Å². The van der Waals surface area contributed by atoms with Gasteiger partial charge in [0.05, 0.1) is 18.1 Å². The van der Waals surface area contributed by atoms with E-state index in [1.807, 2.05) is 34.1 Å². The first-order chi connectivity index (χ1) is 14.6. The second-order valence-electron chi connectivity index (χ2n) is 10.2. The minimum Gasteiger partial charge on any atom is -0.375 e. The number of hydrogen-bond acceptors (Lipinski definition) is 3. The molecule has 2 amide bonds. The summed E-state index contributed by atoms with van der Waals surface area (Å²) < 4.78 is 6.10. The molecule has 0 radical (unpaired) electrons. The summed E-state index contributed by atoms with van der Waals surface area (Å²) in [5.41, 5.74) is 0.894. The number of halogens is 1. The van der Waals surface area contributed by atoms with Crippen molar-refractivity contribution in [3.8, 4) is 0 Å². The van der Waals surface area contributed by atoms with Crippen molar-refractivity contribution in [2.24, 2.45) is 11.3 Å². The molecule has 1 aromatic carbocycles. The maximum atomic E-state index is 13.7. The van der Waals surface area contributed by atoms with Crippen LogP contribution in [0.3, 0.4) is 0 Å². The van der Waals surface area contributed by atoms with Gasteiger partial charge in [0.25, 0.3) is 0 Å². The van der Waals surface area contributed by atoms with Gasteiger partial charge in [0, 0.05) is 42.0 Å². The fourth-order valence-corrected chi connectivity index (χ4v) is 6.08. The van der Waals surface area contributed by atoms with Crippen molar-refractivity contribution in [1.82, 2.24) is 9.80 Å². The van der Waals surface area contributed by atoms with E-state index < -0.39 is 0 Å². The Labute approximate surface area is 190 Å². The topological polar surface area (TPSA) is 49.9 Å². The molecular weight excluding hydrogens is 412 g/mol. The van der Waals surface area contributed by atoms with Crippen LogP contribution in [0.4, 0.5) is 0 Å². The molecule has 0 bridgehead atoms. The van der Waals surface area contributed by atoms with Gasteiger partial charge in [-0.3, -0.25) is 9.59 Å². The lowest BCUT2D eigenvalue weighted by Gasteiger charge is -2.56. The monoisotopic (exact) mass is 444 g/mol. The summed E-state index contributed by atoms with van der Waals surface area (Å²) in [6.07, 6.45) is 4.00. The van der Waals surface area contributed by atoms with Gasteiger partial charge in [0.15, 0.2) is 0 Å². The normalized spacial score (nSPS) is 29.4. The summed E-state index contributed by atoms with van der Waals surface area (Å²) in [6.45, 7) is 12.6. The number of rotatable bonds is 3. The van der Waals surface area contributed by atoms with E-state index in [1.54, 1.807) is 0 Å². The zero-order valence-corrected chi connectivity index (χ0v) is 19.5. The van der Waals surface area contributed by atoms with Crippen molar-refractivity contribution in [2.45, 2.75) is 57.6 Å². The Kier molecular flexibility index (Phi) is 5.95. The Morgan fingerprint density at radius 1 is 1.23 bits per heavy atom. The minimum absolute atomic E-state index is 0.00124. The number of likely N-dealkylation sites (tertiary alicyclic amines) is 2. The van der Waals surface area contributed by atoms with Crippen LogP contribution in [0, 0.1) is 11.3 Å². The number of carbonyl (C=O) groups excluding carboxylic acids is 2. The van der Waals surface area contributed by atoms with E-state index in [9.17, 15) is 9.59 Å². The smallest absolute Gasteiger partial charge is 0.245 e. The highest BCUT2D eigenvalue weighted by atomic mass is 35.5. The second-order valence-corrected chi connectivity index (χ2v) is 10.6. The summed E-state index contributed by atoms with van der Waals surface area (Å²) in [5, 5.41) is 0.718. The van der Waals surface area contributed by atoms with Gasteiger partial charge in [-0.2, -0.15) is 0 Å². The van der Waals surface area contributed by atoms with Gasteiger partial charge in [-0.15, -0.1) is 0 Å². The molecule has 4 rings (SSSR count). The van der Waals surface area contributed by atoms with Gasteiger partial charge in [-0.05, 0) is 57.7 Å². The largest absolute Gasteiger partial charge is 0.375 e. The molecule has 3 aliphatic rings. The van der Waals surface area contributed by atoms with Crippen LogP contribution >= 0.6 is 11.6 Å². The lowest BCUT2D eigenvalue weighted by Crippen LogP contribution is -2.64. The first-order valence-corrected chi connectivity index (χ1v) is 11.6. The molecule has 0 unspecified atom stereocenters. The molecule has 3 fully saturated rings. The number of ether oxygens (including phenoxy) is 1. The van der Waals surface area contributed by atoms with Crippen molar-refractivity contribution in [1.29, 1.82) is 0 Å². The zero-order chi connectivity index (χ0) is 22.4. The van der Waals surface area contributed by atoms with Crippen LogP contribution in [0.2, 0.25) is 5.02 Å². The Hall–Kier alpha value is -1.85.